The number of nitrogens with one attached hydrogen (secondary N) is 1. The van der Waals surface area contributed by atoms with E-state index in [4.69, 9.17) is 5.11 Å². The smallest absolute Gasteiger partial charge is 0.147 e. The Balaban J connectivity index is 2.53. The van der Waals surface area contributed by atoms with E-state index in [1.807, 2.05) is 6.92 Å². The molecule has 2 N–H and O–H groups in total. The molecule has 0 radical (unpaired) electrons. The van der Waals surface area contributed by atoms with Gasteiger partial charge in [0.15, 0.2) is 0 Å². The van der Waals surface area contributed by atoms with Crippen LogP contribution in [0.1, 0.15) is 17.6 Å². The van der Waals surface area contributed by atoms with Crippen LogP contribution >= 0.6 is 11.3 Å². The van der Waals surface area contributed by atoms with Crippen molar-refractivity contribution in [1.29, 1.82) is 0 Å². The fourth-order valence-corrected chi connectivity index (χ4v) is 2.29. The van der Waals surface area contributed by atoms with E-state index in [2.05, 4.69) is 4.98 Å². The molecule has 5 nitrogen and oxygen atoms in total. The molecule has 0 aromatic carbocycles. The average molecular weight is 244 g/mol. The van der Waals surface area contributed by atoms with Crippen molar-refractivity contribution in [2.75, 3.05) is 19.7 Å². The summed E-state index contributed by atoms with van der Waals surface area (Å²) in [5.41, 5.74) is 0.555. The maximum atomic E-state index is 10.4. The Kier molecular flexibility index (Phi) is 5.37. The number of nitrogens with zero attached hydrogens (tertiary/aromatic N) is 1. The minimum absolute atomic E-state index is 0.127. The number of carbonyl (C=O) groups excluding carboxylic acids is 1. The normalized spacial score (nSPS) is 12.6. The molecule has 0 saturated heterocycles. The van der Waals surface area contributed by atoms with Crippen molar-refractivity contribution in [1.82, 2.24) is 4.98 Å². The van der Waals surface area contributed by atoms with Crippen LogP contribution in [-0.4, -0.2) is 35.8 Å². The van der Waals surface area contributed by atoms with E-state index in [1.165, 1.54) is 16.2 Å². The molecule has 1 atom stereocenters. The zero-order valence-corrected chi connectivity index (χ0v) is 10.0. The summed E-state index contributed by atoms with van der Waals surface area (Å²) in [6, 6.07) is 0. The number of thiazole rings is 1. The number of aliphatic hydroxyl groups excluding tert-OH is 1. The molecule has 1 aromatic heterocycles. The monoisotopic (exact) mass is 244 g/mol. The molecule has 0 saturated carbocycles. The molecular weight excluding hydrogens is 228 g/mol. The first-order valence-corrected chi connectivity index (χ1v) is 6.11. The van der Waals surface area contributed by atoms with E-state index in [9.17, 15) is 9.90 Å². The standard InChI is InChI=1S/C10H16N2O3S/c1-2-12(3-4-13)6-9-11-8(7-16-9)5-10(14)15/h7,13H,2-6H2,1H3,(H,14,15). The molecule has 90 valence electrons. The Hall–Kier alpha value is -0.980. The van der Waals surface area contributed by atoms with Gasteiger partial charge in [0.2, 0.25) is 0 Å². The number of carbonyl (C=O) groups is 1. The summed E-state index contributed by atoms with van der Waals surface area (Å²) in [6.45, 7) is 4.53. The predicted octanol–water partition coefficient (Wildman–Crippen LogP) is -2.17. The van der Waals surface area contributed by atoms with E-state index in [-0.39, 0.29) is 13.0 Å². The van der Waals surface area contributed by atoms with E-state index in [0.717, 1.165) is 18.1 Å². The highest BCUT2D eigenvalue weighted by Crippen LogP contribution is 2.08. The molecule has 0 bridgehead atoms. The third-order valence-electron chi connectivity index (χ3n) is 2.29. The molecule has 1 rings (SSSR count). The first-order valence-electron chi connectivity index (χ1n) is 5.23. The third kappa shape index (κ3) is 4.26. The van der Waals surface area contributed by atoms with E-state index in [1.54, 1.807) is 5.38 Å². The van der Waals surface area contributed by atoms with Crippen LogP contribution in [0.2, 0.25) is 0 Å². The molecule has 6 heteroatoms. The van der Waals surface area contributed by atoms with Gasteiger partial charge < -0.3 is 19.9 Å². The lowest BCUT2D eigenvalue weighted by atomic mass is 10.3. The fourth-order valence-electron chi connectivity index (χ4n) is 1.42. The SMILES string of the molecule is CC[NH+](CCO)Cc1nc(CC(=O)[O-])cs1. The van der Waals surface area contributed by atoms with Crippen molar-refractivity contribution in [3.8, 4) is 0 Å². The number of hydrogen-bond donors (Lipinski definition) is 2. The minimum atomic E-state index is -1.10. The van der Waals surface area contributed by atoms with E-state index >= 15 is 0 Å². The second kappa shape index (κ2) is 6.57. The van der Waals surface area contributed by atoms with Gasteiger partial charge in [-0.1, -0.05) is 0 Å². The molecule has 0 fully saturated rings. The molecular formula is C10H16N2O3S. The summed E-state index contributed by atoms with van der Waals surface area (Å²) in [4.78, 5) is 15.8. The Morgan fingerprint density at radius 2 is 2.44 bits per heavy atom. The number of quaternary nitrogens is 1. The van der Waals surface area contributed by atoms with Crippen LogP contribution in [0.4, 0.5) is 0 Å². The number of likely N-dealkylation sites (N-methyl/N-ethyl adjacent to an activating group) is 1. The van der Waals surface area contributed by atoms with Crippen molar-refractivity contribution in [3.63, 3.8) is 0 Å². The zero-order chi connectivity index (χ0) is 12.0. The molecule has 16 heavy (non-hydrogen) atoms. The second-order valence-electron chi connectivity index (χ2n) is 3.54. The molecule has 0 spiro atoms. The molecule has 0 amide bonds. The number of carboxylic acids is 1. The summed E-state index contributed by atoms with van der Waals surface area (Å²) in [6.07, 6.45) is -0.127. The van der Waals surface area contributed by atoms with Gasteiger partial charge in [0.25, 0.3) is 0 Å². The molecule has 1 heterocycles. The Labute approximate surface area is 98.4 Å². The topological polar surface area (TPSA) is 77.7 Å². The van der Waals surface area contributed by atoms with Crippen LogP contribution in [0.15, 0.2) is 5.38 Å². The molecule has 0 aliphatic carbocycles. The van der Waals surface area contributed by atoms with Crippen LogP contribution in [0.3, 0.4) is 0 Å². The van der Waals surface area contributed by atoms with Gasteiger partial charge in [-0.2, -0.15) is 0 Å². The number of aromatic nitrogens is 1. The number of aliphatic hydroxyl groups is 1. The van der Waals surface area contributed by atoms with Crippen LogP contribution in [0, 0.1) is 0 Å². The maximum Gasteiger partial charge on any atom is 0.147 e. The minimum Gasteiger partial charge on any atom is -0.550 e. The van der Waals surface area contributed by atoms with Gasteiger partial charge in [0.05, 0.1) is 18.8 Å². The number of carboxylic acid groups (broad SMARTS) is 1. The van der Waals surface area contributed by atoms with Gasteiger partial charge in [-0.15, -0.1) is 11.3 Å². The zero-order valence-electron chi connectivity index (χ0n) is 9.23. The van der Waals surface area contributed by atoms with Gasteiger partial charge in [-0.25, -0.2) is 4.98 Å². The van der Waals surface area contributed by atoms with Gasteiger partial charge >= 0.3 is 0 Å². The first kappa shape index (κ1) is 13.1. The fraction of sp³-hybridized carbons (Fsp3) is 0.600. The van der Waals surface area contributed by atoms with Crippen molar-refractivity contribution >= 4 is 17.3 Å². The lowest BCUT2D eigenvalue weighted by Crippen LogP contribution is -3.10. The largest absolute Gasteiger partial charge is 0.550 e. The molecule has 1 aromatic rings. The van der Waals surface area contributed by atoms with Crippen molar-refractivity contribution in [3.05, 3.63) is 16.1 Å². The lowest BCUT2D eigenvalue weighted by molar-refractivity contribution is -0.912. The number of hydrogen-bond acceptors (Lipinski definition) is 5. The van der Waals surface area contributed by atoms with Gasteiger partial charge in [0, 0.05) is 17.8 Å². The Morgan fingerprint density at radius 3 is 3.00 bits per heavy atom. The van der Waals surface area contributed by atoms with Crippen LogP contribution in [-0.2, 0) is 17.8 Å². The quantitative estimate of drug-likeness (QED) is 0.572. The highest BCUT2D eigenvalue weighted by molar-refractivity contribution is 7.09. The summed E-state index contributed by atoms with van der Waals surface area (Å²) >= 11 is 1.46. The summed E-state index contributed by atoms with van der Waals surface area (Å²) in [5.74, 6) is -1.10. The summed E-state index contributed by atoms with van der Waals surface area (Å²) in [7, 11) is 0. The average Bonchev–Trinajstić information content (AvgIpc) is 2.64. The summed E-state index contributed by atoms with van der Waals surface area (Å²) in [5, 5.41) is 21.9. The van der Waals surface area contributed by atoms with Crippen molar-refractivity contribution < 1.29 is 19.9 Å². The molecule has 0 aliphatic heterocycles. The van der Waals surface area contributed by atoms with Gasteiger partial charge in [-0.3, -0.25) is 0 Å². The van der Waals surface area contributed by atoms with Crippen LogP contribution in [0.25, 0.3) is 0 Å². The van der Waals surface area contributed by atoms with Crippen LogP contribution < -0.4 is 10.0 Å². The predicted molar refractivity (Wildman–Crippen MR) is 58.0 cm³/mol. The number of rotatable bonds is 7. The van der Waals surface area contributed by atoms with Crippen molar-refractivity contribution in [2.45, 2.75) is 19.9 Å². The highest BCUT2D eigenvalue weighted by atomic mass is 32.1. The van der Waals surface area contributed by atoms with E-state index < -0.39 is 5.97 Å². The summed E-state index contributed by atoms with van der Waals surface area (Å²) < 4.78 is 0. The molecule has 1 unspecified atom stereocenters. The molecule has 0 aliphatic rings. The Morgan fingerprint density at radius 1 is 1.69 bits per heavy atom. The third-order valence-corrected chi connectivity index (χ3v) is 3.19. The van der Waals surface area contributed by atoms with Gasteiger partial charge in [0.1, 0.15) is 18.1 Å². The second-order valence-corrected chi connectivity index (χ2v) is 4.48. The lowest BCUT2D eigenvalue weighted by Gasteiger charge is -2.14. The van der Waals surface area contributed by atoms with Gasteiger partial charge in [-0.05, 0) is 6.92 Å². The first-order chi connectivity index (χ1) is 7.65. The Bertz CT molecular complexity index is 341. The van der Waals surface area contributed by atoms with E-state index in [0.29, 0.717) is 12.2 Å². The maximum absolute atomic E-state index is 10.4. The highest BCUT2D eigenvalue weighted by Gasteiger charge is 2.10. The van der Waals surface area contributed by atoms with Crippen LogP contribution in [0.5, 0.6) is 0 Å². The van der Waals surface area contributed by atoms with Crippen molar-refractivity contribution in [2.24, 2.45) is 0 Å². The number of aliphatic carboxylic acids is 1.